The van der Waals surface area contributed by atoms with Crippen LogP contribution in [0.2, 0.25) is 0 Å². The molecule has 2 atom stereocenters. The van der Waals surface area contributed by atoms with Gasteiger partial charge in [0.05, 0.1) is 11.3 Å². The molecule has 0 aliphatic heterocycles. The first kappa shape index (κ1) is 15.3. The van der Waals surface area contributed by atoms with Crippen molar-refractivity contribution in [1.82, 2.24) is 0 Å². The number of phenols is 1. The number of amides is 1. The summed E-state index contributed by atoms with van der Waals surface area (Å²) >= 11 is 0. The molecule has 0 spiro atoms. The standard InChI is InChI=1S/C15H20N2O4/c16-8-9-3-1-2-4-11(9)14(19)17-13-6-5-10(18)7-12(13)15(20)21/h5-7,9,11,18H,1-4,8,16H2,(H,17,19)(H,20,21). The number of carbonyl (C=O) groups is 2. The van der Waals surface area contributed by atoms with Gasteiger partial charge in [0.15, 0.2) is 0 Å². The largest absolute Gasteiger partial charge is 0.508 e. The highest BCUT2D eigenvalue weighted by Gasteiger charge is 2.30. The fourth-order valence-corrected chi connectivity index (χ4v) is 2.88. The molecule has 5 N–H and O–H groups in total. The maximum Gasteiger partial charge on any atom is 0.337 e. The van der Waals surface area contributed by atoms with Crippen molar-refractivity contribution in [3.05, 3.63) is 23.8 Å². The Kier molecular flexibility index (Phi) is 4.80. The number of nitrogens with one attached hydrogen (secondary N) is 1. The van der Waals surface area contributed by atoms with Crippen molar-refractivity contribution in [3.8, 4) is 5.75 Å². The summed E-state index contributed by atoms with van der Waals surface area (Å²) in [7, 11) is 0. The molecule has 0 saturated heterocycles. The summed E-state index contributed by atoms with van der Waals surface area (Å²) in [6.07, 6.45) is 3.76. The number of phenolic OH excluding ortho intramolecular Hbond substituents is 1. The SMILES string of the molecule is NCC1CCCCC1C(=O)Nc1ccc(O)cc1C(=O)O. The van der Waals surface area contributed by atoms with Crippen molar-refractivity contribution >= 4 is 17.6 Å². The molecular weight excluding hydrogens is 272 g/mol. The van der Waals surface area contributed by atoms with E-state index in [1.54, 1.807) is 0 Å². The third kappa shape index (κ3) is 3.52. The first-order valence-electron chi connectivity index (χ1n) is 7.10. The number of anilines is 1. The summed E-state index contributed by atoms with van der Waals surface area (Å²) in [6.45, 7) is 0.458. The summed E-state index contributed by atoms with van der Waals surface area (Å²) in [5.74, 6) is -1.58. The molecule has 21 heavy (non-hydrogen) atoms. The van der Waals surface area contributed by atoms with Crippen LogP contribution in [-0.4, -0.2) is 28.6 Å². The van der Waals surface area contributed by atoms with E-state index in [0.717, 1.165) is 31.7 Å². The normalized spacial score (nSPS) is 21.8. The maximum atomic E-state index is 12.4. The zero-order chi connectivity index (χ0) is 15.4. The lowest BCUT2D eigenvalue weighted by Gasteiger charge is -2.29. The second kappa shape index (κ2) is 6.58. The van der Waals surface area contributed by atoms with Crippen LogP contribution in [-0.2, 0) is 4.79 Å². The van der Waals surface area contributed by atoms with Crippen LogP contribution >= 0.6 is 0 Å². The van der Waals surface area contributed by atoms with E-state index in [4.69, 9.17) is 10.8 Å². The van der Waals surface area contributed by atoms with Crippen LogP contribution in [0.15, 0.2) is 18.2 Å². The van der Waals surface area contributed by atoms with Gasteiger partial charge in [-0.3, -0.25) is 4.79 Å². The van der Waals surface area contributed by atoms with Gasteiger partial charge in [-0.05, 0) is 43.5 Å². The van der Waals surface area contributed by atoms with E-state index in [-0.39, 0.29) is 34.7 Å². The predicted octanol–water partition coefficient (Wildman–Crippen LogP) is 1.79. The van der Waals surface area contributed by atoms with Gasteiger partial charge in [0.25, 0.3) is 0 Å². The van der Waals surface area contributed by atoms with Gasteiger partial charge in [-0.15, -0.1) is 0 Å². The highest BCUT2D eigenvalue weighted by Crippen LogP contribution is 2.31. The van der Waals surface area contributed by atoms with E-state index >= 15 is 0 Å². The fraction of sp³-hybridized carbons (Fsp3) is 0.467. The monoisotopic (exact) mass is 292 g/mol. The Labute approximate surface area is 123 Å². The zero-order valence-electron chi connectivity index (χ0n) is 11.7. The second-order valence-corrected chi connectivity index (χ2v) is 5.41. The minimum atomic E-state index is -1.19. The predicted molar refractivity (Wildman–Crippen MR) is 78.2 cm³/mol. The molecule has 1 amide bonds. The first-order valence-corrected chi connectivity index (χ1v) is 7.10. The number of aromatic hydroxyl groups is 1. The third-order valence-electron chi connectivity index (χ3n) is 4.04. The average Bonchev–Trinajstić information content (AvgIpc) is 2.48. The quantitative estimate of drug-likeness (QED) is 0.632. The van der Waals surface area contributed by atoms with Gasteiger partial charge in [-0.1, -0.05) is 12.8 Å². The summed E-state index contributed by atoms with van der Waals surface area (Å²) in [5.41, 5.74) is 5.79. The molecule has 1 aliphatic carbocycles. The Hall–Kier alpha value is -2.08. The molecule has 1 aromatic carbocycles. The Morgan fingerprint density at radius 3 is 2.67 bits per heavy atom. The van der Waals surface area contributed by atoms with Gasteiger partial charge in [-0.2, -0.15) is 0 Å². The zero-order valence-corrected chi connectivity index (χ0v) is 11.7. The molecule has 0 aromatic heterocycles. The number of nitrogens with two attached hydrogens (primary N) is 1. The van der Waals surface area contributed by atoms with E-state index in [1.165, 1.54) is 12.1 Å². The summed E-state index contributed by atoms with van der Waals surface area (Å²) in [5, 5.41) is 21.2. The van der Waals surface area contributed by atoms with E-state index in [0.29, 0.717) is 6.54 Å². The maximum absolute atomic E-state index is 12.4. The summed E-state index contributed by atoms with van der Waals surface area (Å²) in [4.78, 5) is 23.5. The minimum absolute atomic E-state index is 0.122. The van der Waals surface area contributed by atoms with Crippen molar-refractivity contribution in [2.75, 3.05) is 11.9 Å². The number of rotatable bonds is 4. The molecule has 0 heterocycles. The molecule has 1 aromatic rings. The molecule has 6 nitrogen and oxygen atoms in total. The number of carboxylic acid groups (broad SMARTS) is 1. The highest BCUT2D eigenvalue weighted by molar-refractivity contribution is 6.01. The summed E-state index contributed by atoms with van der Waals surface area (Å²) in [6, 6.07) is 3.87. The molecule has 114 valence electrons. The molecular formula is C15H20N2O4. The Morgan fingerprint density at radius 1 is 1.29 bits per heavy atom. The summed E-state index contributed by atoms with van der Waals surface area (Å²) < 4.78 is 0. The van der Waals surface area contributed by atoms with Crippen molar-refractivity contribution in [3.63, 3.8) is 0 Å². The second-order valence-electron chi connectivity index (χ2n) is 5.41. The van der Waals surface area contributed by atoms with Gasteiger partial charge < -0.3 is 21.3 Å². The molecule has 1 aliphatic rings. The van der Waals surface area contributed by atoms with Gasteiger partial charge >= 0.3 is 5.97 Å². The highest BCUT2D eigenvalue weighted by atomic mass is 16.4. The van der Waals surface area contributed by atoms with Gasteiger partial charge in [0.1, 0.15) is 5.75 Å². The van der Waals surface area contributed by atoms with E-state index < -0.39 is 5.97 Å². The lowest BCUT2D eigenvalue weighted by Crippen LogP contribution is -2.35. The van der Waals surface area contributed by atoms with Crippen molar-refractivity contribution in [2.24, 2.45) is 17.6 Å². The topological polar surface area (TPSA) is 113 Å². The van der Waals surface area contributed by atoms with Crippen LogP contribution in [0.4, 0.5) is 5.69 Å². The Balaban J connectivity index is 2.17. The lowest BCUT2D eigenvalue weighted by atomic mass is 9.78. The third-order valence-corrected chi connectivity index (χ3v) is 4.04. The number of aromatic carboxylic acids is 1. The molecule has 1 fully saturated rings. The number of benzene rings is 1. The van der Waals surface area contributed by atoms with Crippen molar-refractivity contribution in [2.45, 2.75) is 25.7 Å². The van der Waals surface area contributed by atoms with Crippen LogP contribution in [0.5, 0.6) is 5.75 Å². The molecule has 2 rings (SSSR count). The molecule has 2 unspecified atom stereocenters. The molecule has 0 radical (unpaired) electrons. The van der Waals surface area contributed by atoms with E-state index in [2.05, 4.69) is 5.32 Å². The van der Waals surface area contributed by atoms with Gasteiger partial charge in [-0.25, -0.2) is 4.79 Å². The Bertz CT molecular complexity index is 544. The number of hydrogen-bond donors (Lipinski definition) is 4. The van der Waals surface area contributed by atoms with E-state index in [1.807, 2.05) is 0 Å². The molecule has 6 heteroatoms. The van der Waals surface area contributed by atoms with Gasteiger partial charge in [0.2, 0.25) is 5.91 Å². The van der Waals surface area contributed by atoms with Crippen LogP contribution < -0.4 is 11.1 Å². The smallest absolute Gasteiger partial charge is 0.337 e. The average molecular weight is 292 g/mol. The van der Waals surface area contributed by atoms with Crippen LogP contribution in [0.3, 0.4) is 0 Å². The van der Waals surface area contributed by atoms with Crippen molar-refractivity contribution < 1.29 is 19.8 Å². The van der Waals surface area contributed by atoms with Crippen LogP contribution in [0.1, 0.15) is 36.0 Å². The number of carbonyl (C=O) groups excluding carboxylic acids is 1. The number of carboxylic acids is 1. The minimum Gasteiger partial charge on any atom is -0.508 e. The van der Waals surface area contributed by atoms with Crippen LogP contribution in [0.25, 0.3) is 0 Å². The fourth-order valence-electron chi connectivity index (χ4n) is 2.88. The Morgan fingerprint density at radius 2 is 2.00 bits per heavy atom. The number of hydrogen-bond acceptors (Lipinski definition) is 4. The van der Waals surface area contributed by atoms with Crippen LogP contribution in [0, 0.1) is 11.8 Å². The first-order chi connectivity index (χ1) is 10.0. The van der Waals surface area contributed by atoms with Gasteiger partial charge in [0, 0.05) is 5.92 Å². The molecule has 1 saturated carbocycles. The molecule has 0 bridgehead atoms. The van der Waals surface area contributed by atoms with Crippen molar-refractivity contribution in [1.29, 1.82) is 0 Å². The lowest BCUT2D eigenvalue weighted by molar-refractivity contribution is -0.122. The van der Waals surface area contributed by atoms with E-state index in [9.17, 15) is 14.7 Å².